The Hall–Kier alpha value is -1.88. The topological polar surface area (TPSA) is 43.3 Å². The molecule has 4 nitrogen and oxygen atoms in total. The molecule has 0 saturated heterocycles. The van der Waals surface area contributed by atoms with Crippen LogP contribution >= 0.6 is 11.9 Å². The average molecular weight is 344 g/mol. The van der Waals surface area contributed by atoms with Crippen molar-refractivity contribution < 1.29 is 4.74 Å². The highest BCUT2D eigenvalue weighted by molar-refractivity contribution is 8.00. The normalized spacial score (nSPS) is 15.9. The van der Waals surface area contributed by atoms with Gasteiger partial charge in [-0.05, 0) is 31.5 Å². The van der Waals surface area contributed by atoms with Gasteiger partial charge in [-0.3, -0.25) is 4.79 Å². The minimum Gasteiger partial charge on any atom is -0.489 e. The third kappa shape index (κ3) is 3.18. The van der Waals surface area contributed by atoms with Gasteiger partial charge in [0.2, 0.25) is 0 Å². The highest BCUT2D eigenvalue weighted by Crippen LogP contribution is 2.42. The summed E-state index contributed by atoms with van der Waals surface area (Å²) in [5, 5.41) is 0. The van der Waals surface area contributed by atoms with Gasteiger partial charge in [-0.1, -0.05) is 25.8 Å². The Morgan fingerprint density at radius 1 is 1.33 bits per heavy atom. The minimum absolute atomic E-state index is 0.0403. The Balaban J connectivity index is 2.12. The molecule has 1 unspecified atom stereocenters. The van der Waals surface area contributed by atoms with E-state index in [9.17, 15) is 4.79 Å². The van der Waals surface area contributed by atoms with E-state index in [1.54, 1.807) is 23.6 Å². The van der Waals surface area contributed by atoms with Crippen LogP contribution in [0.15, 0.2) is 29.2 Å². The maximum absolute atomic E-state index is 12.0. The highest BCUT2D eigenvalue weighted by atomic mass is 32.2. The number of anilines is 1. The Morgan fingerprint density at radius 2 is 2.12 bits per heavy atom. The molecule has 1 aromatic heterocycles. The molecule has 0 amide bonds. The van der Waals surface area contributed by atoms with Crippen LogP contribution in [-0.4, -0.2) is 16.4 Å². The summed E-state index contributed by atoms with van der Waals surface area (Å²) < 4.78 is 11.2. The predicted octanol–water partition coefficient (Wildman–Crippen LogP) is 4.15. The summed E-state index contributed by atoms with van der Waals surface area (Å²) in [4.78, 5) is 12.0. The van der Waals surface area contributed by atoms with E-state index in [2.05, 4.69) is 30.7 Å². The number of benzene rings is 1. The van der Waals surface area contributed by atoms with Gasteiger partial charge in [0.1, 0.15) is 11.9 Å². The van der Waals surface area contributed by atoms with Crippen LogP contribution in [-0.2, 0) is 13.5 Å². The third-order valence-electron chi connectivity index (χ3n) is 4.36. The highest BCUT2D eigenvalue weighted by Gasteiger charge is 2.26. The Bertz CT molecular complexity index is 787. The summed E-state index contributed by atoms with van der Waals surface area (Å²) in [6.45, 7) is 6.13. The lowest BCUT2D eigenvalue weighted by atomic mass is 9.99. The van der Waals surface area contributed by atoms with Gasteiger partial charge >= 0.3 is 0 Å². The zero-order valence-electron chi connectivity index (χ0n) is 14.7. The van der Waals surface area contributed by atoms with E-state index in [0.29, 0.717) is 0 Å². The van der Waals surface area contributed by atoms with Gasteiger partial charge in [-0.2, -0.15) is 0 Å². The van der Waals surface area contributed by atoms with Crippen molar-refractivity contribution in [1.82, 2.24) is 4.57 Å². The first-order valence-electron chi connectivity index (χ1n) is 8.42. The van der Waals surface area contributed by atoms with Gasteiger partial charge in [0.25, 0.3) is 5.56 Å². The smallest absolute Gasteiger partial charge is 0.253 e. The molecule has 1 aliphatic heterocycles. The number of pyridine rings is 1. The molecule has 0 saturated carbocycles. The lowest BCUT2D eigenvalue weighted by Crippen LogP contribution is -2.18. The van der Waals surface area contributed by atoms with Crippen LogP contribution in [0.3, 0.4) is 0 Å². The molecular weight excluding hydrogens is 320 g/mol. The van der Waals surface area contributed by atoms with E-state index in [1.807, 2.05) is 19.2 Å². The first-order valence-corrected chi connectivity index (χ1v) is 9.41. The van der Waals surface area contributed by atoms with E-state index in [0.717, 1.165) is 46.7 Å². The molecule has 1 aliphatic rings. The second-order valence-electron chi connectivity index (χ2n) is 6.23. The van der Waals surface area contributed by atoms with Crippen LogP contribution < -0.4 is 15.0 Å². The van der Waals surface area contributed by atoms with Crippen LogP contribution in [0.25, 0.3) is 11.1 Å². The zero-order valence-corrected chi connectivity index (χ0v) is 15.5. The first kappa shape index (κ1) is 17.0. The molecule has 2 aromatic rings. The van der Waals surface area contributed by atoms with Crippen molar-refractivity contribution in [1.29, 1.82) is 0 Å². The van der Waals surface area contributed by atoms with E-state index in [-0.39, 0.29) is 11.7 Å². The summed E-state index contributed by atoms with van der Waals surface area (Å²) in [5.74, 6) is 1.96. The van der Waals surface area contributed by atoms with Gasteiger partial charge < -0.3 is 14.0 Å². The van der Waals surface area contributed by atoms with Crippen LogP contribution in [0.2, 0.25) is 0 Å². The molecule has 0 aliphatic carbocycles. The van der Waals surface area contributed by atoms with Crippen molar-refractivity contribution in [3.63, 3.8) is 0 Å². The molecule has 0 bridgehead atoms. The van der Waals surface area contributed by atoms with Gasteiger partial charge in [-0.25, -0.2) is 0 Å². The van der Waals surface area contributed by atoms with E-state index < -0.39 is 0 Å². The molecule has 0 fully saturated rings. The quantitative estimate of drug-likeness (QED) is 0.827. The standard InChI is InChI=1S/C19H24N2O2S/c1-5-16-9-13-8-15(20-24-6-2)10-17(18(13)23-16)14-7-12(3)19(22)21(4)11-14/h7-8,10-11,16,20H,5-6,9H2,1-4H3. The molecule has 128 valence electrons. The molecule has 1 atom stereocenters. The number of nitrogens with one attached hydrogen (secondary N) is 1. The zero-order chi connectivity index (χ0) is 17.3. The third-order valence-corrected chi connectivity index (χ3v) is 5.03. The fraction of sp³-hybridized carbons (Fsp3) is 0.421. The minimum atomic E-state index is 0.0403. The van der Waals surface area contributed by atoms with Crippen molar-refractivity contribution in [2.45, 2.75) is 39.7 Å². The number of hydrogen-bond acceptors (Lipinski definition) is 4. The average Bonchev–Trinajstić information content (AvgIpc) is 2.99. The van der Waals surface area contributed by atoms with Gasteiger partial charge in [0.05, 0.1) is 0 Å². The maximum Gasteiger partial charge on any atom is 0.253 e. The number of nitrogens with zero attached hydrogens (tertiary/aromatic N) is 1. The summed E-state index contributed by atoms with van der Waals surface area (Å²) in [6, 6.07) is 6.27. The van der Waals surface area contributed by atoms with E-state index in [1.165, 1.54) is 5.56 Å². The van der Waals surface area contributed by atoms with Gasteiger partial charge in [0, 0.05) is 53.4 Å². The number of hydrogen-bond donors (Lipinski definition) is 1. The van der Waals surface area contributed by atoms with Crippen LogP contribution in [0.5, 0.6) is 5.75 Å². The molecule has 24 heavy (non-hydrogen) atoms. The Morgan fingerprint density at radius 3 is 2.79 bits per heavy atom. The number of fused-ring (bicyclic) bond motifs is 1. The molecular formula is C19H24N2O2S. The summed E-state index contributed by atoms with van der Waals surface area (Å²) in [6.07, 6.45) is 4.06. The second-order valence-corrected chi connectivity index (χ2v) is 7.30. The molecule has 1 aromatic carbocycles. The molecule has 3 rings (SSSR count). The Kier molecular flexibility index (Phi) is 4.90. The molecule has 5 heteroatoms. The Labute approximate surface area is 147 Å². The monoisotopic (exact) mass is 344 g/mol. The van der Waals surface area contributed by atoms with Crippen molar-refractivity contribution >= 4 is 17.6 Å². The van der Waals surface area contributed by atoms with Crippen LogP contribution in [0.4, 0.5) is 5.69 Å². The maximum atomic E-state index is 12.0. The molecule has 0 radical (unpaired) electrons. The summed E-state index contributed by atoms with van der Waals surface area (Å²) in [5.41, 5.74) is 5.19. The summed E-state index contributed by atoms with van der Waals surface area (Å²) in [7, 11) is 1.80. The number of rotatable bonds is 5. The fourth-order valence-corrected chi connectivity index (χ4v) is 3.54. The fourth-order valence-electron chi connectivity index (χ4n) is 3.11. The van der Waals surface area contributed by atoms with E-state index in [4.69, 9.17) is 4.74 Å². The van der Waals surface area contributed by atoms with Gasteiger partial charge in [0.15, 0.2) is 0 Å². The van der Waals surface area contributed by atoms with Crippen molar-refractivity contribution in [3.8, 4) is 16.9 Å². The lowest BCUT2D eigenvalue weighted by Gasteiger charge is -2.14. The predicted molar refractivity (Wildman–Crippen MR) is 102 cm³/mol. The number of ether oxygens (including phenoxy) is 1. The van der Waals surface area contributed by atoms with Crippen molar-refractivity contribution in [2.75, 3.05) is 10.5 Å². The SMILES string of the molecule is CCSNc1cc2c(c(-c3cc(C)c(=O)n(C)c3)c1)OC(CC)C2. The van der Waals surface area contributed by atoms with Crippen LogP contribution in [0.1, 0.15) is 31.4 Å². The van der Waals surface area contributed by atoms with Crippen LogP contribution in [0, 0.1) is 6.92 Å². The van der Waals surface area contributed by atoms with Crippen molar-refractivity contribution in [2.24, 2.45) is 7.05 Å². The molecule has 1 N–H and O–H groups in total. The largest absolute Gasteiger partial charge is 0.489 e. The number of aromatic nitrogens is 1. The summed E-state index contributed by atoms with van der Waals surface area (Å²) >= 11 is 1.68. The molecule has 0 spiro atoms. The molecule has 2 heterocycles. The van der Waals surface area contributed by atoms with E-state index >= 15 is 0 Å². The second kappa shape index (κ2) is 6.93. The first-order chi connectivity index (χ1) is 11.5. The van der Waals surface area contributed by atoms with Gasteiger partial charge in [-0.15, -0.1) is 0 Å². The lowest BCUT2D eigenvalue weighted by molar-refractivity contribution is 0.229. The number of aryl methyl sites for hydroxylation is 2. The van der Waals surface area contributed by atoms with Crippen molar-refractivity contribution in [3.05, 3.63) is 45.9 Å².